The molecular weight excluding hydrogens is 162 g/mol. The van der Waals surface area contributed by atoms with Crippen molar-refractivity contribution in [2.75, 3.05) is 0 Å². The fraction of sp³-hybridized carbons (Fsp3) is 0.909. The fourth-order valence-corrected chi connectivity index (χ4v) is 2.56. The Labute approximate surface area is 80.9 Å². The van der Waals surface area contributed by atoms with Gasteiger partial charge in [0.05, 0.1) is 0 Å². The van der Waals surface area contributed by atoms with Crippen molar-refractivity contribution in [3.63, 3.8) is 0 Å². The van der Waals surface area contributed by atoms with Crippen LogP contribution in [0.5, 0.6) is 0 Å². The molecule has 13 heavy (non-hydrogen) atoms. The second-order valence-corrected chi connectivity index (χ2v) is 4.49. The zero-order valence-electron chi connectivity index (χ0n) is 8.81. The molecule has 0 heterocycles. The molecule has 1 saturated carbocycles. The van der Waals surface area contributed by atoms with Crippen LogP contribution in [-0.4, -0.2) is 5.91 Å². The smallest absolute Gasteiger partial charge is 0.223 e. The van der Waals surface area contributed by atoms with Gasteiger partial charge < -0.3 is 5.73 Å². The summed E-state index contributed by atoms with van der Waals surface area (Å²) in [6.45, 7) is 4.21. The van der Waals surface area contributed by atoms with Gasteiger partial charge in [-0.1, -0.05) is 39.5 Å². The van der Waals surface area contributed by atoms with Gasteiger partial charge >= 0.3 is 0 Å². The summed E-state index contributed by atoms with van der Waals surface area (Å²) in [6.07, 6.45) is 6.94. The summed E-state index contributed by atoms with van der Waals surface area (Å²) >= 11 is 0. The lowest BCUT2D eigenvalue weighted by atomic mass is 9.72. The Bertz CT molecular complexity index is 191. The van der Waals surface area contributed by atoms with Crippen LogP contribution in [0.1, 0.15) is 52.4 Å². The van der Waals surface area contributed by atoms with Gasteiger partial charge in [-0.3, -0.25) is 4.79 Å². The molecule has 0 aliphatic heterocycles. The van der Waals surface area contributed by atoms with E-state index >= 15 is 0 Å². The summed E-state index contributed by atoms with van der Waals surface area (Å²) in [5, 5.41) is 0. The van der Waals surface area contributed by atoms with Gasteiger partial charge in [0.1, 0.15) is 0 Å². The van der Waals surface area contributed by atoms with E-state index in [9.17, 15) is 4.79 Å². The van der Waals surface area contributed by atoms with Crippen molar-refractivity contribution in [3.8, 4) is 0 Å². The topological polar surface area (TPSA) is 43.1 Å². The van der Waals surface area contributed by atoms with Crippen LogP contribution in [0.4, 0.5) is 0 Å². The molecule has 2 atom stereocenters. The summed E-state index contributed by atoms with van der Waals surface area (Å²) in [7, 11) is 0. The van der Waals surface area contributed by atoms with Crippen molar-refractivity contribution in [2.24, 2.45) is 17.1 Å². The van der Waals surface area contributed by atoms with E-state index in [1.54, 1.807) is 0 Å². The number of carbonyl (C=O) groups excluding carboxylic acids is 1. The number of hydrogen-bond acceptors (Lipinski definition) is 1. The Kier molecular flexibility index (Phi) is 3.34. The lowest BCUT2D eigenvalue weighted by molar-refractivity contribution is -0.130. The summed E-state index contributed by atoms with van der Waals surface area (Å²) in [5.41, 5.74) is 5.27. The van der Waals surface area contributed by atoms with E-state index in [0.29, 0.717) is 5.92 Å². The predicted octanol–water partition coefficient (Wildman–Crippen LogP) is 2.47. The first kappa shape index (κ1) is 10.6. The Balaban J connectivity index is 2.80. The van der Waals surface area contributed by atoms with Crippen LogP contribution in [0.3, 0.4) is 0 Å². The lowest BCUT2D eigenvalue weighted by Crippen LogP contribution is -2.40. The third-order valence-corrected chi connectivity index (χ3v) is 3.71. The van der Waals surface area contributed by atoms with Gasteiger partial charge in [0.15, 0.2) is 0 Å². The Morgan fingerprint density at radius 2 is 2.15 bits per heavy atom. The van der Waals surface area contributed by atoms with Crippen LogP contribution in [0.15, 0.2) is 0 Å². The van der Waals surface area contributed by atoms with Gasteiger partial charge in [0.25, 0.3) is 0 Å². The van der Waals surface area contributed by atoms with Gasteiger partial charge in [-0.25, -0.2) is 0 Å². The molecule has 1 amide bonds. The second-order valence-electron chi connectivity index (χ2n) is 4.49. The summed E-state index contributed by atoms with van der Waals surface area (Å²) < 4.78 is 0. The minimum atomic E-state index is -0.231. The van der Waals surface area contributed by atoms with Gasteiger partial charge in [-0.15, -0.1) is 0 Å². The maximum Gasteiger partial charge on any atom is 0.223 e. The molecule has 0 aromatic heterocycles. The Morgan fingerprint density at radius 3 is 2.69 bits per heavy atom. The van der Waals surface area contributed by atoms with Crippen molar-refractivity contribution in [1.82, 2.24) is 0 Å². The maximum absolute atomic E-state index is 11.4. The number of amides is 1. The fourth-order valence-electron chi connectivity index (χ4n) is 2.56. The summed E-state index contributed by atoms with van der Waals surface area (Å²) in [4.78, 5) is 11.4. The molecule has 0 aromatic carbocycles. The quantitative estimate of drug-likeness (QED) is 0.657. The Morgan fingerprint density at radius 1 is 1.46 bits per heavy atom. The molecule has 0 bridgehead atoms. The zero-order chi connectivity index (χ0) is 9.90. The van der Waals surface area contributed by atoms with Gasteiger partial charge in [-0.05, 0) is 18.8 Å². The van der Waals surface area contributed by atoms with Crippen LogP contribution < -0.4 is 5.73 Å². The van der Waals surface area contributed by atoms with E-state index in [-0.39, 0.29) is 11.3 Å². The minimum absolute atomic E-state index is 0.0961. The molecule has 2 unspecified atom stereocenters. The highest BCUT2D eigenvalue weighted by Crippen LogP contribution is 2.40. The molecule has 76 valence electrons. The number of primary amides is 1. The van der Waals surface area contributed by atoms with Gasteiger partial charge in [0.2, 0.25) is 5.91 Å². The molecule has 0 saturated heterocycles. The SMILES string of the molecule is CCC1CCCCCC1(C)C(N)=O. The highest BCUT2D eigenvalue weighted by molar-refractivity contribution is 5.80. The Hall–Kier alpha value is -0.530. The molecule has 1 aliphatic carbocycles. The first-order valence-electron chi connectivity index (χ1n) is 5.41. The van der Waals surface area contributed by atoms with Crippen LogP contribution in [0.25, 0.3) is 0 Å². The van der Waals surface area contributed by atoms with E-state index in [0.717, 1.165) is 19.3 Å². The van der Waals surface area contributed by atoms with Crippen molar-refractivity contribution >= 4 is 5.91 Å². The average molecular weight is 183 g/mol. The monoisotopic (exact) mass is 183 g/mol. The van der Waals surface area contributed by atoms with E-state index in [2.05, 4.69) is 13.8 Å². The molecule has 1 fully saturated rings. The summed E-state index contributed by atoms with van der Waals surface area (Å²) in [5.74, 6) is 0.411. The second kappa shape index (κ2) is 4.12. The first-order chi connectivity index (χ1) is 6.11. The van der Waals surface area contributed by atoms with E-state index in [4.69, 9.17) is 5.73 Å². The molecule has 0 radical (unpaired) electrons. The largest absolute Gasteiger partial charge is 0.369 e. The molecule has 1 aliphatic rings. The lowest BCUT2D eigenvalue weighted by Gasteiger charge is -2.32. The highest BCUT2D eigenvalue weighted by Gasteiger charge is 2.38. The number of rotatable bonds is 2. The van der Waals surface area contributed by atoms with E-state index in [1.165, 1.54) is 19.3 Å². The average Bonchev–Trinajstić information content (AvgIpc) is 2.27. The van der Waals surface area contributed by atoms with Crippen LogP contribution in [0, 0.1) is 11.3 Å². The minimum Gasteiger partial charge on any atom is -0.369 e. The maximum atomic E-state index is 11.4. The van der Waals surface area contributed by atoms with Crippen molar-refractivity contribution in [1.29, 1.82) is 0 Å². The molecular formula is C11H21NO. The third kappa shape index (κ3) is 2.04. The molecule has 2 nitrogen and oxygen atoms in total. The molecule has 0 spiro atoms. The van der Waals surface area contributed by atoms with Crippen LogP contribution in [0.2, 0.25) is 0 Å². The highest BCUT2D eigenvalue weighted by atomic mass is 16.1. The summed E-state index contributed by atoms with van der Waals surface area (Å²) in [6, 6.07) is 0. The zero-order valence-corrected chi connectivity index (χ0v) is 8.81. The van der Waals surface area contributed by atoms with Crippen molar-refractivity contribution in [2.45, 2.75) is 52.4 Å². The first-order valence-corrected chi connectivity index (χ1v) is 5.41. The normalized spacial score (nSPS) is 35.4. The molecule has 0 aromatic rings. The number of carbonyl (C=O) groups is 1. The van der Waals surface area contributed by atoms with Gasteiger partial charge in [-0.2, -0.15) is 0 Å². The standard InChI is InChI=1S/C11H21NO/c1-3-9-7-5-4-6-8-11(9,2)10(12)13/h9H,3-8H2,1-2H3,(H2,12,13). The van der Waals surface area contributed by atoms with E-state index < -0.39 is 0 Å². The molecule has 2 heteroatoms. The van der Waals surface area contributed by atoms with Crippen LogP contribution >= 0.6 is 0 Å². The number of hydrogen-bond donors (Lipinski definition) is 1. The van der Waals surface area contributed by atoms with Crippen molar-refractivity contribution < 1.29 is 4.79 Å². The molecule has 1 rings (SSSR count). The van der Waals surface area contributed by atoms with Gasteiger partial charge in [0, 0.05) is 5.41 Å². The molecule has 2 N–H and O–H groups in total. The van der Waals surface area contributed by atoms with E-state index in [1.807, 2.05) is 0 Å². The van der Waals surface area contributed by atoms with Crippen molar-refractivity contribution in [3.05, 3.63) is 0 Å². The predicted molar refractivity (Wildman–Crippen MR) is 54.2 cm³/mol. The number of nitrogens with two attached hydrogens (primary N) is 1. The third-order valence-electron chi connectivity index (χ3n) is 3.71. The van der Waals surface area contributed by atoms with Crippen LogP contribution in [-0.2, 0) is 4.79 Å².